The summed E-state index contributed by atoms with van der Waals surface area (Å²) in [5, 5.41) is 0. The molecular weight excluding hydrogens is 227 g/mol. The summed E-state index contributed by atoms with van der Waals surface area (Å²) in [5.74, 6) is -0.0794. The van der Waals surface area contributed by atoms with Crippen LogP contribution in [0.25, 0.3) is 0 Å². The van der Waals surface area contributed by atoms with Crippen molar-refractivity contribution in [3.63, 3.8) is 0 Å². The Morgan fingerprint density at radius 2 is 2.00 bits per heavy atom. The SMILES string of the molecule is CO[P+](=O)OCC(=O)CCc1ccccc1. The fourth-order valence-electron chi connectivity index (χ4n) is 1.18. The first kappa shape index (κ1) is 13.0. The van der Waals surface area contributed by atoms with Crippen LogP contribution in [0.3, 0.4) is 0 Å². The Labute approximate surface area is 95.5 Å². The first-order valence-corrected chi connectivity index (χ1v) is 6.02. The van der Waals surface area contributed by atoms with Crippen LogP contribution in [0, 0.1) is 0 Å². The van der Waals surface area contributed by atoms with Crippen molar-refractivity contribution < 1.29 is 18.4 Å². The molecule has 1 aromatic rings. The normalized spacial score (nSPS) is 11.2. The summed E-state index contributed by atoms with van der Waals surface area (Å²) >= 11 is 0. The molecule has 0 bridgehead atoms. The lowest BCUT2D eigenvalue weighted by molar-refractivity contribution is -0.121. The van der Waals surface area contributed by atoms with Gasteiger partial charge >= 0.3 is 8.25 Å². The van der Waals surface area contributed by atoms with Crippen LogP contribution in [0.5, 0.6) is 0 Å². The highest BCUT2D eigenvalue weighted by atomic mass is 31.1. The van der Waals surface area contributed by atoms with E-state index in [1.165, 1.54) is 7.11 Å². The number of rotatable bonds is 7. The summed E-state index contributed by atoms with van der Waals surface area (Å²) in [6, 6.07) is 9.71. The van der Waals surface area contributed by atoms with Gasteiger partial charge in [-0.05, 0) is 12.0 Å². The molecule has 0 aromatic heterocycles. The smallest absolute Gasteiger partial charge is 0.297 e. The molecule has 0 aliphatic rings. The van der Waals surface area contributed by atoms with Gasteiger partial charge in [0.1, 0.15) is 0 Å². The van der Waals surface area contributed by atoms with E-state index in [2.05, 4.69) is 9.05 Å². The number of benzene rings is 1. The van der Waals surface area contributed by atoms with E-state index in [1.807, 2.05) is 30.3 Å². The highest BCUT2D eigenvalue weighted by Crippen LogP contribution is 2.21. The highest BCUT2D eigenvalue weighted by Gasteiger charge is 2.19. The number of hydrogen-bond donors (Lipinski definition) is 0. The molecule has 0 saturated heterocycles. The van der Waals surface area contributed by atoms with E-state index in [9.17, 15) is 9.36 Å². The Hall–Kier alpha value is -1.09. The number of carbonyl (C=O) groups excluding carboxylic acids is 1. The van der Waals surface area contributed by atoms with Gasteiger partial charge in [0.15, 0.2) is 12.4 Å². The molecule has 0 aliphatic heterocycles. The van der Waals surface area contributed by atoms with Crippen molar-refractivity contribution in [1.29, 1.82) is 0 Å². The molecule has 1 unspecified atom stereocenters. The summed E-state index contributed by atoms with van der Waals surface area (Å²) in [6.45, 7) is -0.157. The molecular formula is C11H14O4P+. The fourth-order valence-corrected chi connectivity index (χ4v) is 1.53. The van der Waals surface area contributed by atoms with Gasteiger partial charge in [0, 0.05) is 11.0 Å². The molecule has 0 spiro atoms. The lowest BCUT2D eigenvalue weighted by Crippen LogP contribution is -2.06. The molecule has 0 radical (unpaired) electrons. The van der Waals surface area contributed by atoms with Gasteiger partial charge in [0.05, 0.1) is 7.11 Å². The largest absolute Gasteiger partial charge is 0.697 e. The minimum Gasteiger partial charge on any atom is -0.297 e. The number of carbonyl (C=O) groups is 1. The third-order valence-electron chi connectivity index (χ3n) is 2.02. The minimum atomic E-state index is -2.15. The molecule has 1 atom stereocenters. The van der Waals surface area contributed by atoms with Crippen LogP contribution >= 0.6 is 8.25 Å². The molecule has 0 amide bonds. The second-order valence-electron chi connectivity index (χ2n) is 3.20. The molecule has 1 rings (SSSR count). The molecule has 86 valence electrons. The predicted octanol–water partition coefficient (Wildman–Crippen LogP) is 2.51. The van der Waals surface area contributed by atoms with Crippen LogP contribution in [0.15, 0.2) is 30.3 Å². The van der Waals surface area contributed by atoms with Gasteiger partial charge in [0.25, 0.3) is 0 Å². The Balaban J connectivity index is 2.23. The maximum atomic E-state index is 11.3. The first-order valence-electron chi connectivity index (χ1n) is 4.92. The Morgan fingerprint density at radius 3 is 2.62 bits per heavy atom. The van der Waals surface area contributed by atoms with E-state index in [1.54, 1.807) is 0 Å². The molecule has 0 N–H and O–H groups in total. The molecule has 0 fully saturated rings. The van der Waals surface area contributed by atoms with Gasteiger partial charge in [-0.25, -0.2) is 0 Å². The van der Waals surface area contributed by atoms with Crippen molar-refractivity contribution in [2.24, 2.45) is 0 Å². The standard InChI is InChI=1S/C11H14O4P/c1-14-16(13)15-9-11(12)8-7-10-5-3-2-4-6-10/h2-6H,7-9H2,1H3/q+1. The van der Waals surface area contributed by atoms with Gasteiger partial charge in [-0.3, -0.25) is 4.79 Å². The van der Waals surface area contributed by atoms with Crippen molar-refractivity contribution in [2.75, 3.05) is 13.7 Å². The van der Waals surface area contributed by atoms with Gasteiger partial charge in [-0.15, -0.1) is 9.05 Å². The average molecular weight is 241 g/mol. The fraction of sp³-hybridized carbons (Fsp3) is 0.364. The van der Waals surface area contributed by atoms with Crippen molar-refractivity contribution in [3.8, 4) is 0 Å². The monoisotopic (exact) mass is 241 g/mol. The van der Waals surface area contributed by atoms with Crippen LogP contribution in [0.2, 0.25) is 0 Å². The lowest BCUT2D eigenvalue weighted by atomic mass is 10.1. The second kappa shape index (κ2) is 7.23. The van der Waals surface area contributed by atoms with Crippen LogP contribution in [-0.2, 0) is 24.8 Å². The Morgan fingerprint density at radius 1 is 1.31 bits per heavy atom. The maximum absolute atomic E-state index is 11.3. The molecule has 0 aliphatic carbocycles. The zero-order valence-corrected chi connectivity index (χ0v) is 9.98. The van der Waals surface area contributed by atoms with E-state index in [-0.39, 0.29) is 12.4 Å². The van der Waals surface area contributed by atoms with Crippen molar-refractivity contribution in [1.82, 2.24) is 0 Å². The summed E-state index contributed by atoms with van der Waals surface area (Å²) < 4.78 is 19.8. The molecule has 16 heavy (non-hydrogen) atoms. The molecule has 4 nitrogen and oxygen atoms in total. The van der Waals surface area contributed by atoms with E-state index in [4.69, 9.17) is 0 Å². The maximum Gasteiger partial charge on any atom is 0.697 e. The van der Waals surface area contributed by atoms with E-state index in [0.717, 1.165) is 5.56 Å². The topological polar surface area (TPSA) is 52.6 Å². The second-order valence-corrected chi connectivity index (χ2v) is 4.27. The predicted molar refractivity (Wildman–Crippen MR) is 60.3 cm³/mol. The molecule has 1 aromatic carbocycles. The summed E-state index contributed by atoms with van der Waals surface area (Å²) in [7, 11) is -0.876. The van der Waals surface area contributed by atoms with E-state index in [0.29, 0.717) is 12.8 Å². The number of Topliss-reactive ketones (excluding diaryl/α,β-unsaturated/α-hetero) is 1. The molecule has 0 saturated carbocycles. The third-order valence-corrected chi connectivity index (χ3v) is 2.65. The zero-order chi connectivity index (χ0) is 11.8. The molecule has 5 heteroatoms. The zero-order valence-electron chi connectivity index (χ0n) is 9.09. The van der Waals surface area contributed by atoms with E-state index < -0.39 is 8.25 Å². The third kappa shape index (κ3) is 5.12. The van der Waals surface area contributed by atoms with Crippen molar-refractivity contribution >= 4 is 14.0 Å². The number of hydrogen-bond acceptors (Lipinski definition) is 4. The van der Waals surface area contributed by atoms with Crippen LogP contribution in [-0.4, -0.2) is 19.5 Å². The van der Waals surface area contributed by atoms with E-state index >= 15 is 0 Å². The van der Waals surface area contributed by atoms with Crippen LogP contribution in [0.4, 0.5) is 0 Å². The van der Waals surface area contributed by atoms with Crippen molar-refractivity contribution in [3.05, 3.63) is 35.9 Å². The lowest BCUT2D eigenvalue weighted by Gasteiger charge is -1.98. The summed E-state index contributed by atoms with van der Waals surface area (Å²) in [6.07, 6.45) is 1.06. The van der Waals surface area contributed by atoms with Gasteiger partial charge in [0.2, 0.25) is 0 Å². The van der Waals surface area contributed by atoms with Crippen LogP contribution in [0.1, 0.15) is 12.0 Å². The molecule has 0 heterocycles. The average Bonchev–Trinajstić information content (AvgIpc) is 2.34. The highest BCUT2D eigenvalue weighted by molar-refractivity contribution is 7.33. The summed E-state index contributed by atoms with van der Waals surface area (Å²) in [4.78, 5) is 11.3. The minimum absolute atomic E-state index is 0.0794. The van der Waals surface area contributed by atoms with Gasteiger partial charge in [-0.1, -0.05) is 30.3 Å². The quantitative estimate of drug-likeness (QED) is 0.688. The Bertz CT molecular complexity index is 350. The Kier molecular flexibility index (Phi) is 5.86. The van der Waals surface area contributed by atoms with Crippen LogP contribution < -0.4 is 0 Å². The number of ketones is 1. The number of aryl methyl sites for hydroxylation is 1. The first-order chi connectivity index (χ1) is 7.72. The van der Waals surface area contributed by atoms with Crippen molar-refractivity contribution in [2.45, 2.75) is 12.8 Å². The van der Waals surface area contributed by atoms with Gasteiger partial charge in [-0.2, -0.15) is 0 Å². The summed E-state index contributed by atoms with van der Waals surface area (Å²) in [5.41, 5.74) is 1.10. The van der Waals surface area contributed by atoms with Gasteiger partial charge < -0.3 is 0 Å².